The van der Waals surface area contributed by atoms with Crippen LogP contribution >= 0.6 is 0 Å². The van der Waals surface area contributed by atoms with Gasteiger partial charge in [-0.15, -0.1) is 0 Å². The molecule has 31 heavy (non-hydrogen) atoms. The van der Waals surface area contributed by atoms with E-state index in [1.165, 1.54) is 0 Å². The van der Waals surface area contributed by atoms with Crippen molar-refractivity contribution < 1.29 is 23.8 Å². The Morgan fingerprint density at radius 3 is 2.19 bits per heavy atom. The zero-order valence-electron chi connectivity index (χ0n) is 18.3. The normalized spacial score (nSPS) is 18.5. The average molecular weight is 427 g/mol. The van der Waals surface area contributed by atoms with Gasteiger partial charge in [-0.2, -0.15) is 0 Å². The predicted molar refractivity (Wildman–Crippen MR) is 118 cm³/mol. The molecule has 1 aliphatic rings. The molecule has 2 atom stereocenters. The van der Waals surface area contributed by atoms with Gasteiger partial charge in [0.15, 0.2) is 0 Å². The van der Waals surface area contributed by atoms with Crippen LogP contribution in [0, 0.1) is 5.92 Å². The second-order valence-electron chi connectivity index (χ2n) is 7.46. The monoisotopic (exact) mass is 426 g/mol. The summed E-state index contributed by atoms with van der Waals surface area (Å²) in [7, 11) is 4.85. The smallest absolute Gasteiger partial charge is 0.227 e. The third-order valence-electron chi connectivity index (χ3n) is 5.57. The first-order valence-electron chi connectivity index (χ1n) is 10.5. The molecule has 7 heteroatoms. The van der Waals surface area contributed by atoms with E-state index >= 15 is 0 Å². The molecule has 0 saturated carbocycles. The van der Waals surface area contributed by atoms with Gasteiger partial charge in [0.25, 0.3) is 0 Å². The third kappa shape index (κ3) is 5.35. The molecule has 0 spiro atoms. The van der Waals surface area contributed by atoms with E-state index in [0.717, 1.165) is 23.4 Å². The Hall–Kier alpha value is -3.06. The number of anilines is 1. The zero-order valence-corrected chi connectivity index (χ0v) is 18.3. The molecule has 7 nitrogen and oxygen atoms in total. The Morgan fingerprint density at radius 1 is 1.00 bits per heavy atom. The molecule has 1 N–H and O–H groups in total. The van der Waals surface area contributed by atoms with Gasteiger partial charge < -0.3 is 24.4 Å². The Bertz CT molecular complexity index is 867. The molecule has 2 aromatic rings. The van der Waals surface area contributed by atoms with Crippen LogP contribution in [0.15, 0.2) is 48.5 Å². The number of hydrogen-bond donors (Lipinski definition) is 1. The van der Waals surface area contributed by atoms with Crippen LogP contribution in [0.1, 0.15) is 30.9 Å². The highest BCUT2D eigenvalue weighted by molar-refractivity contribution is 5.97. The summed E-state index contributed by atoms with van der Waals surface area (Å²) in [5.41, 5.74) is 1.63. The van der Waals surface area contributed by atoms with Gasteiger partial charge in [0, 0.05) is 32.4 Å². The van der Waals surface area contributed by atoms with Crippen molar-refractivity contribution >= 4 is 17.5 Å². The number of carbonyl (C=O) groups is 2. The first-order valence-corrected chi connectivity index (χ1v) is 10.5. The molecule has 0 bridgehead atoms. The molecule has 166 valence electrons. The van der Waals surface area contributed by atoms with Crippen LogP contribution < -0.4 is 19.7 Å². The number of piperidine rings is 1. The summed E-state index contributed by atoms with van der Waals surface area (Å²) < 4.78 is 15.6. The molecule has 2 aromatic carbocycles. The molecule has 1 heterocycles. The minimum atomic E-state index is -0.414. The van der Waals surface area contributed by atoms with E-state index in [2.05, 4.69) is 5.32 Å². The molecule has 0 aromatic heterocycles. The number of ether oxygens (including phenoxy) is 3. The lowest BCUT2D eigenvalue weighted by Gasteiger charge is -2.41. The number of hydrogen-bond acceptors (Lipinski definition) is 5. The fourth-order valence-corrected chi connectivity index (χ4v) is 3.96. The van der Waals surface area contributed by atoms with Gasteiger partial charge in [0.1, 0.15) is 11.5 Å². The highest BCUT2D eigenvalue weighted by atomic mass is 16.5. The standard InChI is InChI=1S/C24H30N2O5/c1-29-16-4-15-25-24(28)21-13-14-22(27)26(18-7-11-20(31-3)12-8-18)23(21)17-5-9-19(30-2)10-6-17/h5-12,21,23H,4,13-16H2,1-3H3,(H,25,28)/t21-,23-/m1/s1. The van der Waals surface area contributed by atoms with Crippen LogP contribution in [0.5, 0.6) is 11.5 Å². The molecular formula is C24H30N2O5. The maximum atomic E-state index is 13.1. The molecule has 1 aliphatic heterocycles. The Labute approximate surface area is 183 Å². The molecule has 1 fully saturated rings. The Morgan fingerprint density at radius 2 is 1.61 bits per heavy atom. The summed E-state index contributed by atoms with van der Waals surface area (Å²) in [4.78, 5) is 27.9. The molecule has 3 rings (SSSR count). The largest absolute Gasteiger partial charge is 0.497 e. The van der Waals surface area contributed by atoms with Gasteiger partial charge in [-0.3, -0.25) is 9.59 Å². The second-order valence-corrected chi connectivity index (χ2v) is 7.46. The van der Waals surface area contributed by atoms with Crippen LogP contribution in [0.3, 0.4) is 0 Å². The molecular weight excluding hydrogens is 396 g/mol. The number of amides is 2. The first-order chi connectivity index (χ1) is 15.1. The van der Waals surface area contributed by atoms with Crippen molar-refractivity contribution in [1.82, 2.24) is 5.32 Å². The van der Waals surface area contributed by atoms with Crippen LogP contribution in [0.4, 0.5) is 5.69 Å². The van der Waals surface area contributed by atoms with E-state index in [9.17, 15) is 9.59 Å². The summed E-state index contributed by atoms with van der Waals surface area (Å²) in [5.74, 6) is 1.01. The Balaban J connectivity index is 1.94. The summed E-state index contributed by atoms with van der Waals surface area (Å²) in [6.45, 7) is 1.12. The third-order valence-corrected chi connectivity index (χ3v) is 5.57. The number of rotatable bonds is 9. The summed E-state index contributed by atoms with van der Waals surface area (Å²) >= 11 is 0. The lowest BCUT2D eigenvalue weighted by atomic mass is 9.83. The number of nitrogens with zero attached hydrogens (tertiary/aromatic N) is 1. The van der Waals surface area contributed by atoms with Crippen molar-refractivity contribution in [2.45, 2.75) is 25.3 Å². The molecule has 1 saturated heterocycles. The van der Waals surface area contributed by atoms with Gasteiger partial charge in [-0.25, -0.2) is 0 Å². The van der Waals surface area contributed by atoms with Crippen molar-refractivity contribution in [2.75, 3.05) is 39.4 Å². The lowest BCUT2D eigenvalue weighted by Crippen LogP contribution is -2.48. The summed E-state index contributed by atoms with van der Waals surface area (Å²) in [6.07, 6.45) is 1.55. The van der Waals surface area contributed by atoms with Crippen molar-refractivity contribution in [1.29, 1.82) is 0 Å². The van der Waals surface area contributed by atoms with Crippen molar-refractivity contribution in [2.24, 2.45) is 5.92 Å². The van der Waals surface area contributed by atoms with E-state index in [-0.39, 0.29) is 17.7 Å². The van der Waals surface area contributed by atoms with Crippen molar-refractivity contribution in [3.63, 3.8) is 0 Å². The summed E-state index contributed by atoms with van der Waals surface area (Å²) in [6, 6.07) is 14.5. The number of benzene rings is 2. The van der Waals surface area contributed by atoms with E-state index in [1.54, 1.807) is 26.2 Å². The molecule has 0 aliphatic carbocycles. The van der Waals surface area contributed by atoms with E-state index in [1.807, 2.05) is 48.5 Å². The van der Waals surface area contributed by atoms with Crippen LogP contribution in [-0.4, -0.2) is 46.3 Å². The fourth-order valence-electron chi connectivity index (χ4n) is 3.96. The van der Waals surface area contributed by atoms with Crippen molar-refractivity contribution in [3.05, 3.63) is 54.1 Å². The minimum absolute atomic E-state index is 0.00517. The highest BCUT2D eigenvalue weighted by Gasteiger charge is 2.41. The topological polar surface area (TPSA) is 77.1 Å². The van der Waals surface area contributed by atoms with Gasteiger partial charge in [0.05, 0.1) is 26.2 Å². The van der Waals surface area contributed by atoms with Gasteiger partial charge in [0.2, 0.25) is 11.8 Å². The quantitative estimate of drug-likeness (QED) is 0.623. The maximum Gasteiger partial charge on any atom is 0.227 e. The average Bonchev–Trinajstić information content (AvgIpc) is 2.81. The van der Waals surface area contributed by atoms with Crippen LogP contribution in [0.2, 0.25) is 0 Å². The number of methoxy groups -OCH3 is 3. The van der Waals surface area contributed by atoms with E-state index < -0.39 is 6.04 Å². The molecule has 0 unspecified atom stereocenters. The Kier molecular flexibility index (Phi) is 7.89. The number of nitrogens with one attached hydrogen (secondary N) is 1. The van der Waals surface area contributed by atoms with Gasteiger partial charge in [-0.1, -0.05) is 12.1 Å². The zero-order chi connectivity index (χ0) is 22.2. The molecule has 2 amide bonds. The minimum Gasteiger partial charge on any atom is -0.497 e. The van der Waals surface area contributed by atoms with Crippen LogP contribution in [-0.2, 0) is 14.3 Å². The van der Waals surface area contributed by atoms with Crippen molar-refractivity contribution in [3.8, 4) is 11.5 Å². The van der Waals surface area contributed by atoms with E-state index in [0.29, 0.717) is 31.7 Å². The lowest BCUT2D eigenvalue weighted by molar-refractivity contribution is -0.129. The fraction of sp³-hybridized carbons (Fsp3) is 0.417. The van der Waals surface area contributed by atoms with Gasteiger partial charge >= 0.3 is 0 Å². The second kappa shape index (κ2) is 10.8. The first kappa shape index (κ1) is 22.6. The SMILES string of the molecule is COCCCNC(=O)[C@@H]1CCC(=O)N(c2ccc(OC)cc2)[C@@H]1c1ccc(OC)cc1. The van der Waals surface area contributed by atoms with E-state index in [4.69, 9.17) is 14.2 Å². The molecule has 0 radical (unpaired) electrons. The van der Waals surface area contributed by atoms with Crippen LogP contribution in [0.25, 0.3) is 0 Å². The van der Waals surface area contributed by atoms with Gasteiger partial charge in [-0.05, 0) is 54.8 Å². The summed E-state index contributed by atoms with van der Waals surface area (Å²) in [5, 5.41) is 3.01. The maximum absolute atomic E-state index is 13.1. The predicted octanol–water partition coefficient (Wildman–Crippen LogP) is 3.34. The number of carbonyl (C=O) groups excluding carboxylic acids is 2. The highest BCUT2D eigenvalue weighted by Crippen LogP contribution is 2.40.